The molecule has 4 nitrogen and oxygen atoms in total. The second kappa shape index (κ2) is 8.53. The summed E-state index contributed by atoms with van der Waals surface area (Å²) in [5.74, 6) is -0.304. The standard InChI is InChI=1S/C15H22O4/c1-2-3-10-19-13-8-4-6-12(11-13)7-5-9-14(16)15(17)18/h4,6,8,11,14,16H,2-3,5,7,9-10H2,1H3,(H,17,18). The average Bonchev–Trinajstić information content (AvgIpc) is 2.39. The van der Waals surface area contributed by atoms with Crippen molar-refractivity contribution in [2.45, 2.75) is 45.1 Å². The highest BCUT2D eigenvalue weighted by molar-refractivity contribution is 5.71. The van der Waals surface area contributed by atoms with Gasteiger partial charge in [-0.3, -0.25) is 0 Å². The zero-order chi connectivity index (χ0) is 14.1. The van der Waals surface area contributed by atoms with Crippen molar-refractivity contribution >= 4 is 5.97 Å². The van der Waals surface area contributed by atoms with Gasteiger partial charge in [0.15, 0.2) is 6.10 Å². The van der Waals surface area contributed by atoms with Gasteiger partial charge < -0.3 is 14.9 Å². The Kier molecular flexibility index (Phi) is 6.97. The number of hydrogen-bond acceptors (Lipinski definition) is 3. The molecule has 2 N–H and O–H groups in total. The Balaban J connectivity index is 2.37. The van der Waals surface area contributed by atoms with E-state index in [0.29, 0.717) is 6.42 Å². The van der Waals surface area contributed by atoms with Gasteiger partial charge in [0.25, 0.3) is 0 Å². The maximum Gasteiger partial charge on any atom is 0.332 e. The van der Waals surface area contributed by atoms with E-state index in [1.165, 1.54) is 0 Å². The van der Waals surface area contributed by atoms with Crippen LogP contribution in [0, 0.1) is 0 Å². The number of carboxylic acid groups (broad SMARTS) is 1. The molecule has 0 saturated carbocycles. The Labute approximate surface area is 114 Å². The summed E-state index contributed by atoms with van der Waals surface area (Å²) in [6.45, 7) is 2.84. The Morgan fingerprint density at radius 1 is 1.37 bits per heavy atom. The zero-order valence-corrected chi connectivity index (χ0v) is 11.3. The van der Waals surface area contributed by atoms with Gasteiger partial charge in [0.1, 0.15) is 5.75 Å². The van der Waals surface area contributed by atoms with E-state index < -0.39 is 12.1 Å². The fourth-order valence-electron chi connectivity index (χ4n) is 1.75. The number of carboxylic acids is 1. The summed E-state index contributed by atoms with van der Waals surface area (Å²) in [6, 6.07) is 7.82. The third-order valence-corrected chi connectivity index (χ3v) is 2.89. The van der Waals surface area contributed by atoms with Crippen LogP contribution >= 0.6 is 0 Å². The van der Waals surface area contributed by atoms with Crippen LogP contribution in [0.3, 0.4) is 0 Å². The Morgan fingerprint density at radius 2 is 2.16 bits per heavy atom. The van der Waals surface area contributed by atoms with E-state index >= 15 is 0 Å². The number of hydrogen-bond donors (Lipinski definition) is 2. The number of unbranched alkanes of at least 4 members (excludes halogenated alkanes) is 1. The van der Waals surface area contributed by atoms with E-state index in [9.17, 15) is 9.90 Å². The van der Waals surface area contributed by atoms with E-state index in [1.807, 2.05) is 24.3 Å². The number of ether oxygens (including phenoxy) is 1. The van der Waals surface area contributed by atoms with E-state index in [2.05, 4.69) is 6.92 Å². The van der Waals surface area contributed by atoms with Crippen molar-refractivity contribution in [1.82, 2.24) is 0 Å². The van der Waals surface area contributed by atoms with Crippen LogP contribution < -0.4 is 4.74 Å². The molecule has 0 spiro atoms. The molecule has 0 radical (unpaired) electrons. The first-order valence-electron chi connectivity index (χ1n) is 6.76. The molecule has 0 heterocycles. The van der Waals surface area contributed by atoms with Crippen LogP contribution in [0.2, 0.25) is 0 Å². The lowest BCUT2D eigenvalue weighted by atomic mass is 10.1. The summed E-state index contributed by atoms with van der Waals surface area (Å²) in [5, 5.41) is 17.8. The molecule has 1 rings (SSSR count). The van der Waals surface area contributed by atoms with Gasteiger partial charge in [-0.1, -0.05) is 25.5 Å². The minimum Gasteiger partial charge on any atom is -0.494 e. The number of aliphatic carboxylic acids is 1. The summed E-state index contributed by atoms with van der Waals surface area (Å²) in [7, 11) is 0. The monoisotopic (exact) mass is 266 g/mol. The molecule has 0 saturated heterocycles. The molecule has 106 valence electrons. The minimum atomic E-state index is -1.26. The van der Waals surface area contributed by atoms with Gasteiger partial charge in [0, 0.05) is 0 Å². The summed E-state index contributed by atoms with van der Waals surface area (Å²) in [5.41, 5.74) is 1.10. The number of aliphatic hydroxyl groups is 1. The lowest BCUT2D eigenvalue weighted by molar-refractivity contribution is -0.146. The molecular weight excluding hydrogens is 244 g/mol. The van der Waals surface area contributed by atoms with Crippen LogP contribution in [-0.4, -0.2) is 28.9 Å². The van der Waals surface area contributed by atoms with Gasteiger partial charge in [-0.25, -0.2) is 4.79 Å². The van der Waals surface area contributed by atoms with Gasteiger partial charge in [0.05, 0.1) is 6.61 Å². The maximum atomic E-state index is 10.5. The van der Waals surface area contributed by atoms with Crippen molar-refractivity contribution < 1.29 is 19.7 Å². The van der Waals surface area contributed by atoms with Gasteiger partial charge in [0.2, 0.25) is 0 Å². The van der Waals surface area contributed by atoms with E-state index in [0.717, 1.165) is 37.2 Å². The summed E-state index contributed by atoms with van der Waals surface area (Å²) >= 11 is 0. The largest absolute Gasteiger partial charge is 0.494 e. The fourth-order valence-corrected chi connectivity index (χ4v) is 1.75. The zero-order valence-electron chi connectivity index (χ0n) is 11.3. The first-order chi connectivity index (χ1) is 9.13. The first-order valence-corrected chi connectivity index (χ1v) is 6.76. The highest BCUT2D eigenvalue weighted by Gasteiger charge is 2.11. The number of benzene rings is 1. The van der Waals surface area contributed by atoms with Crippen molar-refractivity contribution in [2.24, 2.45) is 0 Å². The number of carbonyl (C=O) groups is 1. The molecule has 1 unspecified atom stereocenters. The van der Waals surface area contributed by atoms with Crippen molar-refractivity contribution in [3.8, 4) is 5.75 Å². The van der Waals surface area contributed by atoms with Crippen LogP contribution in [0.1, 0.15) is 38.2 Å². The Bertz CT molecular complexity index is 389. The predicted molar refractivity (Wildman–Crippen MR) is 73.4 cm³/mol. The van der Waals surface area contributed by atoms with Crippen molar-refractivity contribution in [2.75, 3.05) is 6.61 Å². The molecule has 0 fully saturated rings. The maximum absolute atomic E-state index is 10.5. The quantitative estimate of drug-likeness (QED) is 0.674. The van der Waals surface area contributed by atoms with E-state index in [4.69, 9.17) is 9.84 Å². The Morgan fingerprint density at radius 3 is 2.84 bits per heavy atom. The van der Waals surface area contributed by atoms with Gasteiger partial charge in [-0.15, -0.1) is 0 Å². The number of rotatable bonds is 9. The molecule has 4 heteroatoms. The van der Waals surface area contributed by atoms with Crippen LogP contribution in [0.15, 0.2) is 24.3 Å². The first kappa shape index (κ1) is 15.5. The smallest absolute Gasteiger partial charge is 0.332 e. The molecule has 0 aliphatic carbocycles. The van der Waals surface area contributed by atoms with Crippen LogP contribution in [0.25, 0.3) is 0 Å². The number of aryl methyl sites for hydroxylation is 1. The highest BCUT2D eigenvalue weighted by atomic mass is 16.5. The second-order valence-corrected chi connectivity index (χ2v) is 4.60. The molecule has 0 aliphatic rings. The third kappa shape index (κ3) is 6.25. The molecular formula is C15H22O4. The minimum absolute atomic E-state index is 0.274. The van der Waals surface area contributed by atoms with Gasteiger partial charge in [-0.2, -0.15) is 0 Å². The average molecular weight is 266 g/mol. The molecule has 0 aliphatic heterocycles. The topological polar surface area (TPSA) is 66.8 Å². The highest BCUT2D eigenvalue weighted by Crippen LogP contribution is 2.16. The second-order valence-electron chi connectivity index (χ2n) is 4.60. The molecule has 0 aromatic heterocycles. The molecule has 0 amide bonds. The summed E-state index contributed by atoms with van der Waals surface area (Å²) in [6.07, 6.45) is 2.54. The molecule has 19 heavy (non-hydrogen) atoms. The summed E-state index contributed by atoms with van der Waals surface area (Å²) in [4.78, 5) is 10.5. The van der Waals surface area contributed by atoms with E-state index in [1.54, 1.807) is 0 Å². The fraction of sp³-hybridized carbons (Fsp3) is 0.533. The third-order valence-electron chi connectivity index (χ3n) is 2.89. The van der Waals surface area contributed by atoms with Crippen molar-refractivity contribution in [3.05, 3.63) is 29.8 Å². The van der Waals surface area contributed by atoms with Crippen molar-refractivity contribution in [1.29, 1.82) is 0 Å². The van der Waals surface area contributed by atoms with Crippen molar-refractivity contribution in [3.63, 3.8) is 0 Å². The number of aliphatic hydroxyl groups excluding tert-OH is 1. The SMILES string of the molecule is CCCCOc1cccc(CCCC(O)C(=O)O)c1. The van der Waals surface area contributed by atoms with E-state index in [-0.39, 0.29) is 6.42 Å². The molecule has 1 aromatic rings. The predicted octanol–water partition coefficient (Wildman–Crippen LogP) is 2.63. The normalized spacial score (nSPS) is 12.1. The van der Waals surface area contributed by atoms with Crippen LogP contribution in [0.4, 0.5) is 0 Å². The lowest BCUT2D eigenvalue weighted by Crippen LogP contribution is -2.19. The molecule has 0 bridgehead atoms. The molecule has 1 aromatic carbocycles. The van der Waals surface area contributed by atoms with Crippen LogP contribution in [-0.2, 0) is 11.2 Å². The Hall–Kier alpha value is -1.55. The van der Waals surface area contributed by atoms with Gasteiger partial charge in [-0.05, 0) is 43.4 Å². The lowest BCUT2D eigenvalue weighted by Gasteiger charge is -2.08. The van der Waals surface area contributed by atoms with Crippen LogP contribution in [0.5, 0.6) is 5.75 Å². The van der Waals surface area contributed by atoms with Gasteiger partial charge >= 0.3 is 5.97 Å². The summed E-state index contributed by atoms with van der Waals surface area (Å²) < 4.78 is 5.61. The molecule has 1 atom stereocenters.